The highest BCUT2D eigenvalue weighted by molar-refractivity contribution is 6.05. The SMILES string of the molecule is O=C1C2CNCC2C(=O)N1CC1CC1. The summed E-state index contributed by atoms with van der Waals surface area (Å²) in [4.78, 5) is 25.2. The lowest BCUT2D eigenvalue weighted by molar-refractivity contribution is -0.140. The van der Waals surface area contributed by atoms with Gasteiger partial charge in [0.2, 0.25) is 11.8 Å². The number of nitrogens with one attached hydrogen (secondary N) is 1. The van der Waals surface area contributed by atoms with Crippen molar-refractivity contribution in [2.45, 2.75) is 12.8 Å². The molecule has 4 nitrogen and oxygen atoms in total. The van der Waals surface area contributed by atoms with E-state index >= 15 is 0 Å². The minimum atomic E-state index is -0.0544. The van der Waals surface area contributed by atoms with Crippen LogP contribution in [0.5, 0.6) is 0 Å². The highest BCUT2D eigenvalue weighted by Gasteiger charge is 2.50. The van der Waals surface area contributed by atoms with E-state index in [1.165, 1.54) is 17.7 Å². The van der Waals surface area contributed by atoms with Crippen LogP contribution in [0.15, 0.2) is 0 Å². The Morgan fingerprint density at radius 2 is 1.71 bits per heavy atom. The van der Waals surface area contributed by atoms with E-state index in [0.717, 1.165) is 0 Å². The molecule has 14 heavy (non-hydrogen) atoms. The van der Waals surface area contributed by atoms with Crippen molar-refractivity contribution in [2.75, 3.05) is 19.6 Å². The molecule has 3 fully saturated rings. The number of hydrogen-bond acceptors (Lipinski definition) is 3. The Hall–Kier alpha value is -0.900. The van der Waals surface area contributed by atoms with Crippen LogP contribution in [0.4, 0.5) is 0 Å². The number of amides is 2. The van der Waals surface area contributed by atoms with Gasteiger partial charge >= 0.3 is 0 Å². The van der Waals surface area contributed by atoms with Gasteiger partial charge in [-0.3, -0.25) is 14.5 Å². The molecule has 76 valence electrons. The summed E-state index contributed by atoms with van der Waals surface area (Å²) < 4.78 is 0. The summed E-state index contributed by atoms with van der Waals surface area (Å²) in [5.74, 6) is 0.631. The number of rotatable bonds is 2. The molecule has 0 aromatic heterocycles. The quantitative estimate of drug-likeness (QED) is 0.609. The second kappa shape index (κ2) is 2.79. The first-order valence-corrected chi connectivity index (χ1v) is 5.33. The zero-order chi connectivity index (χ0) is 9.71. The van der Waals surface area contributed by atoms with Crippen LogP contribution >= 0.6 is 0 Å². The molecular weight excluding hydrogens is 180 g/mol. The molecule has 2 heterocycles. The molecule has 2 unspecified atom stereocenters. The zero-order valence-corrected chi connectivity index (χ0v) is 8.03. The fourth-order valence-corrected chi connectivity index (χ4v) is 2.45. The average molecular weight is 194 g/mol. The van der Waals surface area contributed by atoms with Crippen molar-refractivity contribution in [2.24, 2.45) is 17.8 Å². The second-order valence-electron chi connectivity index (χ2n) is 4.60. The maximum atomic E-state index is 11.8. The van der Waals surface area contributed by atoms with Gasteiger partial charge in [-0.25, -0.2) is 0 Å². The van der Waals surface area contributed by atoms with Crippen LogP contribution in [0.1, 0.15) is 12.8 Å². The standard InChI is InChI=1S/C10H14N2O2/c13-9-7-3-11-4-8(7)10(14)12(9)5-6-1-2-6/h6-8,11H,1-5H2. The third-order valence-corrected chi connectivity index (χ3v) is 3.52. The molecule has 3 aliphatic rings. The molecule has 0 bridgehead atoms. The number of likely N-dealkylation sites (tertiary alicyclic amines) is 1. The van der Waals surface area contributed by atoms with E-state index in [0.29, 0.717) is 25.6 Å². The number of fused-ring (bicyclic) bond motifs is 1. The van der Waals surface area contributed by atoms with Crippen molar-refractivity contribution in [1.29, 1.82) is 0 Å². The smallest absolute Gasteiger partial charge is 0.234 e. The van der Waals surface area contributed by atoms with Crippen molar-refractivity contribution in [3.63, 3.8) is 0 Å². The van der Waals surface area contributed by atoms with Gasteiger partial charge in [0, 0.05) is 19.6 Å². The van der Waals surface area contributed by atoms with Crippen LogP contribution in [-0.2, 0) is 9.59 Å². The molecule has 1 aliphatic carbocycles. The number of hydrogen-bond donors (Lipinski definition) is 1. The summed E-state index contributed by atoms with van der Waals surface area (Å²) in [5.41, 5.74) is 0. The predicted molar refractivity (Wildman–Crippen MR) is 49.3 cm³/mol. The van der Waals surface area contributed by atoms with Gasteiger partial charge in [-0.2, -0.15) is 0 Å². The Morgan fingerprint density at radius 3 is 2.21 bits per heavy atom. The van der Waals surface area contributed by atoms with Gasteiger partial charge < -0.3 is 5.32 Å². The van der Waals surface area contributed by atoms with Gasteiger partial charge in [-0.05, 0) is 18.8 Å². The summed E-state index contributed by atoms with van der Waals surface area (Å²) in [7, 11) is 0. The summed E-state index contributed by atoms with van der Waals surface area (Å²) in [5, 5.41) is 3.11. The van der Waals surface area contributed by atoms with Gasteiger partial charge in [0.15, 0.2) is 0 Å². The van der Waals surface area contributed by atoms with Crippen LogP contribution in [0.2, 0.25) is 0 Å². The van der Waals surface area contributed by atoms with Crippen molar-refractivity contribution in [3.05, 3.63) is 0 Å². The van der Waals surface area contributed by atoms with Crippen molar-refractivity contribution < 1.29 is 9.59 Å². The van der Waals surface area contributed by atoms with Crippen molar-refractivity contribution in [3.8, 4) is 0 Å². The maximum absolute atomic E-state index is 11.8. The first kappa shape index (κ1) is 8.41. The van der Waals surface area contributed by atoms with E-state index in [1.54, 1.807) is 0 Å². The van der Waals surface area contributed by atoms with Crippen LogP contribution in [-0.4, -0.2) is 36.3 Å². The van der Waals surface area contributed by atoms with Gasteiger partial charge in [0.1, 0.15) is 0 Å². The van der Waals surface area contributed by atoms with Crippen LogP contribution in [0, 0.1) is 17.8 Å². The summed E-state index contributed by atoms with van der Waals surface area (Å²) in [6, 6.07) is 0. The number of imide groups is 1. The predicted octanol–water partition coefficient (Wildman–Crippen LogP) is -0.399. The molecule has 0 spiro atoms. The van der Waals surface area contributed by atoms with E-state index in [2.05, 4.69) is 5.32 Å². The lowest BCUT2D eigenvalue weighted by atomic mass is 10.00. The minimum Gasteiger partial charge on any atom is -0.315 e. The van der Waals surface area contributed by atoms with E-state index < -0.39 is 0 Å². The van der Waals surface area contributed by atoms with Gasteiger partial charge in [0.05, 0.1) is 11.8 Å². The average Bonchev–Trinajstić information content (AvgIpc) is 2.80. The Balaban J connectivity index is 1.78. The second-order valence-corrected chi connectivity index (χ2v) is 4.60. The molecule has 0 aromatic rings. The molecule has 0 radical (unpaired) electrons. The molecule has 4 heteroatoms. The molecule has 1 saturated carbocycles. The lowest BCUT2D eigenvalue weighted by Crippen LogP contribution is -2.36. The summed E-state index contributed by atoms with van der Waals surface area (Å²) >= 11 is 0. The number of carbonyl (C=O) groups excluding carboxylic acids is 2. The Morgan fingerprint density at radius 1 is 1.14 bits per heavy atom. The molecule has 2 aliphatic heterocycles. The zero-order valence-electron chi connectivity index (χ0n) is 8.03. The van der Waals surface area contributed by atoms with E-state index in [9.17, 15) is 9.59 Å². The van der Waals surface area contributed by atoms with E-state index in [4.69, 9.17) is 0 Å². The third kappa shape index (κ3) is 1.10. The highest BCUT2D eigenvalue weighted by Crippen LogP contribution is 2.35. The number of carbonyl (C=O) groups is 2. The topological polar surface area (TPSA) is 49.4 Å². The Labute approximate surface area is 82.6 Å². The molecule has 0 aromatic carbocycles. The van der Waals surface area contributed by atoms with Crippen LogP contribution in [0.25, 0.3) is 0 Å². The molecule has 1 N–H and O–H groups in total. The maximum Gasteiger partial charge on any atom is 0.234 e. The van der Waals surface area contributed by atoms with Gasteiger partial charge in [-0.1, -0.05) is 0 Å². The highest BCUT2D eigenvalue weighted by atomic mass is 16.2. The summed E-state index contributed by atoms with van der Waals surface area (Å²) in [6.07, 6.45) is 2.37. The minimum absolute atomic E-state index is 0.0544. The largest absolute Gasteiger partial charge is 0.315 e. The Kier molecular flexibility index (Phi) is 1.68. The lowest BCUT2D eigenvalue weighted by Gasteiger charge is -2.14. The fraction of sp³-hybridized carbons (Fsp3) is 0.800. The molecule has 2 amide bonds. The Bertz CT molecular complexity index is 276. The van der Waals surface area contributed by atoms with Crippen LogP contribution in [0.3, 0.4) is 0 Å². The molecule has 2 saturated heterocycles. The third-order valence-electron chi connectivity index (χ3n) is 3.52. The first-order chi connectivity index (χ1) is 6.77. The summed E-state index contributed by atoms with van der Waals surface area (Å²) in [6.45, 7) is 2.07. The first-order valence-electron chi connectivity index (χ1n) is 5.33. The molecular formula is C10H14N2O2. The van der Waals surface area contributed by atoms with Crippen molar-refractivity contribution in [1.82, 2.24) is 10.2 Å². The normalized spacial score (nSPS) is 36.7. The monoisotopic (exact) mass is 194 g/mol. The number of nitrogens with zero attached hydrogens (tertiary/aromatic N) is 1. The van der Waals surface area contributed by atoms with Gasteiger partial charge in [0.25, 0.3) is 0 Å². The van der Waals surface area contributed by atoms with Crippen molar-refractivity contribution >= 4 is 11.8 Å². The van der Waals surface area contributed by atoms with Crippen LogP contribution < -0.4 is 5.32 Å². The molecule has 3 rings (SSSR count). The molecule has 2 atom stereocenters. The fourth-order valence-electron chi connectivity index (χ4n) is 2.45. The van der Waals surface area contributed by atoms with E-state index in [1.807, 2.05) is 0 Å². The van der Waals surface area contributed by atoms with E-state index in [-0.39, 0.29) is 23.7 Å². The van der Waals surface area contributed by atoms with Gasteiger partial charge in [-0.15, -0.1) is 0 Å².